The normalized spacial score (nSPS) is 12.7. The van der Waals surface area contributed by atoms with E-state index < -0.39 is 0 Å². The Morgan fingerprint density at radius 1 is 1.23 bits per heavy atom. The fourth-order valence-corrected chi connectivity index (χ4v) is 3.37. The van der Waals surface area contributed by atoms with Gasteiger partial charge in [0.25, 0.3) is 0 Å². The zero-order valence-electron chi connectivity index (χ0n) is 11.6. The fourth-order valence-electron chi connectivity index (χ4n) is 2.38. The number of aromatic amines is 1. The van der Waals surface area contributed by atoms with Crippen LogP contribution in [0.4, 0.5) is 0 Å². The van der Waals surface area contributed by atoms with Crippen LogP contribution in [0.2, 0.25) is 0 Å². The molecule has 0 atom stereocenters. The molecule has 7 heteroatoms. The largest absolute Gasteiger partial charge is 0.454 e. The summed E-state index contributed by atoms with van der Waals surface area (Å²) in [6.07, 6.45) is 2.32. The Morgan fingerprint density at radius 2 is 2.14 bits per heavy atom. The van der Waals surface area contributed by atoms with E-state index >= 15 is 0 Å². The van der Waals surface area contributed by atoms with E-state index in [4.69, 9.17) is 9.47 Å². The molecule has 0 radical (unpaired) electrons. The lowest BCUT2D eigenvalue weighted by atomic mass is 10.1. The van der Waals surface area contributed by atoms with Crippen LogP contribution in [0.25, 0.3) is 10.4 Å². The number of rotatable bonds is 4. The van der Waals surface area contributed by atoms with Crippen LogP contribution in [0.1, 0.15) is 4.88 Å². The summed E-state index contributed by atoms with van der Waals surface area (Å²) in [4.78, 5) is 13.8. The van der Waals surface area contributed by atoms with Crippen molar-refractivity contribution in [1.29, 1.82) is 0 Å². The summed E-state index contributed by atoms with van der Waals surface area (Å²) >= 11 is 1.72. The van der Waals surface area contributed by atoms with E-state index in [1.165, 1.54) is 16.1 Å². The summed E-state index contributed by atoms with van der Waals surface area (Å²) in [5, 5.41) is 6.12. The highest BCUT2D eigenvalue weighted by molar-refractivity contribution is 7.15. The van der Waals surface area contributed by atoms with Gasteiger partial charge in [0.2, 0.25) is 6.79 Å². The predicted molar refractivity (Wildman–Crippen MR) is 82.4 cm³/mol. The Balaban J connectivity index is 1.51. The molecule has 0 fully saturated rings. The molecule has 4 rings (SSSR count). The number of fused-ring (bicyclic) bond motifs is 1. The Kier molecular flexibility index (Phi) is 3.19. The van der Waals surface area contributed by atoms with Crippen molar-refractivity contribution >= 4 is 11.3 Å². The predicted octanol–water partition coefficient (Wildman–Crippen LogP) is 2.27. The van der Waals surface area contributed by atoms with Gasteiger partial charge in [-0.3, -0.25) is 4.57 Å². The first-order valence-electron chi connectivity index (χ1n) is 6.88. The summed E-state index contributed by atoms with van der Waals surface area (Å²) in [7, 11) is 0. The second-order valence-electron chi connectivity index (χ2n) is 4.94. The quantitative estimate of drug-likeness (QED) is 0.802. The lowest BCUT2D eigenvalue weighted by Gasteiger charge is -2.00. The minimum absolute atomic E-state index is 0.174. The highest BCUT2D eigenvalue weighted by Crippen LogP contribution is 2.37. The molecular weight excluding hydrogens is 302 g/mol. The van der Waals surface area contributed by atoms with Crippen LogP contribution in [0, 0.1) is 0 Å². The van der Waals surface area contributed by atoms with Crippen molar-refractivity contribution in [2.75, 3.05) is 6.79 Å². The Labute approximate surface area is 129 Å². The topological polar surface area (TPSA) is 69.1 Å². The molecule has 0 saturated heterocycles. The minimum atomic E-state index is -0.174. The third-order valence-electron chi connectivity index (χ3n) is 3.54. The number of aromatic nitrogens is 3. The second kappa shape index (κ2) is 5.34. The molecule has 1 aliphatic rings. The highest BCUT2D eigenvalue weighted by atomic mass is 32.1. The van der Waals surface area contributed by atoms with Crippen molar-refractivity contribution < 1.29 is 9.47 Å². The molecule has 0 amide bonds. The number of ether oxygens (including phenoxy) is 2. The second-order valence-corrected chi connectivity index (χ2v) is 6.11. The van der Waals surface area contributed by atoms with E-state index in [0.29, 0.717) is 6.54 Å². The summed E-state index contributed by atoms with van der Waals surface area (Å²) in [5.41, 5.74) is 0.938. The first-order valence-corrected chi connectivity index (χ1v) is 7.70. The number of hydrogen-bond donors (Lipinski definition) is 1. The molecule has 0 unspecified atom stereocenters. The van der Waals surface area contributed by atoms with Gasteiger partial charge in [-0.25, -0.2) is 9.89 Å². The number of thiophene rings is 1. The zero-order chi connectivity index (χ0) is 14.9. The van der Waals surface area contributed by atoms with Crippen molar-refractivity contribution in [3.63, 3.8) is 0 Å². The van der Waals surface area contributed by atoms with Gasteiger partial charge in [0.05, 0.1) is 0 Å². The number of benzene rings is 1. The van der Waals surface area contributed by atoms with E-state index in [2.05, 4.69) is 22.3 Å². The molecule has 0 spiro atoms. The molecule has 1 aliphatic heterocycles. The average molecular weight is 315 g/mol. The number of H-pyrrole nitrogens is 1. The lowest BCUT2D eigenvalue weighted by molar-refractivity contribution is 0.174. The minimum Gasteiger partial charge on any atom is -0.454 e. The smallest absolute Gasteiger partial charge is 0.343 e. The van der Waals surface area contributed by atoms with Gasteiger partial charge in [-0.1, -0.05) is 0 Å². The molecule has 3 heterocycles. The van der Waals surface area contributed by atoms with Crippen LogP contribution in [0.3, 0.4) is 0 Å². The summed E-state index contributed by atoms with van der Waals surface area (Å²) in [5.74, 6) is 1.58. The van der Waals surface area contributed by atoms with E-state index in [1.807, 2.05) is 18.2 Å². The Morgan fingerprint density at radius 3 is 3.00 bits per heavy atom. The molecule has 6 nitrogen and oxygen atoms in total. The zero-order valence-corrected chi connectivity index (χ0v) is 12.4. The monoisotopic (exact) mass is 315 g/mol. The molecule has 1 aromatic carbocycles. The maximum atomic E-state index is 11.4. The first-order chi connectivity index (χ1) is 10.8. The van der Waals surface area contributed by atoms with Gasteiger partial charge in [-0.2, -0.15) is 5.10 Å². The molecule has 1 N–H and O–H groups in total. The van der Waals surface area contributed by atoms with Crippen LogP contribution in [-0.2, 0) is 13.0 Å². The highest BCUT2D eigenvalue weighted by Gasteiger charge is 2.14. The maximum absolute atomic E-state index is 11.4. The number of hydrogen-bond acceptors (Lipinski definition) is 5. The van der Waals surface area contributed by atoms with Crippen molar-refractivity contribution in [3.05, 3.63) is 52.0 Å². The third-order valence-corrected chi connectivity index (χ3v) is 4.73. The van der Waals surface area contributed by atoms with E-state index in [1.54, 1.807) is 15.9 Å². The van der Waals surface area contributed by atoms with Crippen LogP contribution in [0.5, 0.6) is 11.5 Å². The lowest BCUT2D eigenvalue weighted by Crippen LogP contribution is -2.17. The van der Waals surface area contributed by atoms with E-state index in [-0.39, 0.29) is 12.5 Å². The molecule has 0 bridgehead atoms. The van der Waals surface area contributed by atoms with Crippen molar-refractivity contribution in [1.82, 2.24) is 14.8 Å². The fraction of sp³-hybridized carbons (Fsp3) is 0.200. The standard InChI is InChI=1S/C15H13N3O3S/c19-15-17-16-8-18(15)6-5-11-2-4-14(22-11)10-1-3-12-13(7-10)21-9-20-12/h1-4,7-8H,5-6,9H2,(H,17,19). The maximum Gasteiger partial charge on any atom is 0.343 e. The Hall–Kier alpha value is -2.54. The average Bonchev–Trinajstić information content (AvgIpc) is 3.25. The molecule has 0 aliphatic carbocycles. The summed E-state index contributed by atoms with van der Waals surface area (Å²) < 4.78 is 12.3. The third kappa shape index (κ3) is 2.39. The van der Waals surface area contributed by atoms with Gasteiger partial charge in [0.15, 0.2) is 11.5 Å². The van der Waals surface area contributed by atoms with Crippen LogP contribution >= 0.6 is 11.3 Å². The van der Waals surface area contributed by atoms with Crippen molar-refractivity contribution in [2.24, 2.45) is 0 Å². The number of nitrogens with zero attached hydrogens (tertiary/aromatic N) is 2. The van der Waals surface area contributed by atoms with Gasteiger partial charge >= 0.3 is 5.69 Å². The van der Waals surface area contributed by atoms with Gasteiger partial charge in [-0.15, -0.1) is 11.3 Å². The number of nitrogens with one attached hydrogen (secondary N) is 1. The SMILES string of the molecule is O=c1[nH]ncn1CCc1ccc(-c2ccc3c(c2)OCO3)s1. The molecule has 112 valence electrons. The summed E-state index contributed by atoms with van der Waals surface area (Å²) in [6, 6.07) is 10.1. The first kappa shape index (κ1) is 13.1. The van der Waals surface area contributed by atoms with Crippen LogP contribution in [0.15, 0.2) is 41.5 Å². The number of aryl methyl sites for hydroxylation is 2. The molecule has 0 saturated carbocycles. The van der Waals surface area contributed by atoms with Crippen LogP contribution in [-0.4, -0.2) is 21.6 Å². The van der Waals surface area contributed by atoms with Gasteiger partial charge in [-0.05, 0) is 42.3 Å². The van der Waals surface area contributed by atoms with E-state index in [0.717, 1.165) is 23.5 Å². The van der Waals surface area contributed by atoms with Crippen LogP contribution < -0.4 is 15.2 Å². The molecular formula is C15H13N3O3S. The molecule has 22 heavy (non-hydrogen) atoms. The van der Waals surface area contributed by atoms with Gasteiger partial charge < -0.3 is 9.47 Å². The summed E-state index contributed by atoms with van der Waals surface area (Å²) in [6.45, 7) is 0.907. The van der Waals surface area contributed by atoms with Gasteiger partial charge in [0.1, 0.15) is 6.33 Å². The molecule has 3 aromatic rings. The Bertz CT molecular complexity index is 865. The molecule has 2 aromatic heterocycles. The van der Waals surface area contributed by atoms with Crippen molar-refractivity contribution in [3.8, 4) is 21.9 Å². The van der Waals surface area contributed by atoms with Gasteiger partial charge in [0, 0.05) is 16.3 Å². The van der Waals surface area contributed by atoms with E-state index in [9.17, 15) is 4.79 Å². The van der Waals surface area contributed by atoms with Crippen molar-refractivity contribution in [2.45, 2.75) is 13.0 Å².